The number of anilines is 1. The second-order valence-corrected chi connectivity index (χ2v) is 6.46. The normalized spacial score (nSPS) is 29.0. The Balaban J connectivity index is 1.83. The Labute approximate surface area is 126 Å². The lowest BCUT2D eigenvalue weighted by Crippen LogP contribution is -2.48. The van der Waals surface area contributed by atoms with E-state index in [0.29, 0.717) is 6.10 Å². The minimum absolute atomic E-state index is 0.0982. The number of aromatic nitrogens is 1. The maximum Gasteiger partial charge on any atom is 0.159 e. The van der Waals surface area contributed by atoms with Gasteiger partial charge in [0.2, 0.25) is 0 Å². The fraction of sp³-hybridized carbons (Fsp3) is 0.647. The summed E-state index contributed by atoms with van der Waals surface area (Å²) in [5.74, 6) is 1.03. The molecule has 3 rings (SSSR count). The highest BCUT2D eigenvalue weighted by atomic mass is 16.5. The van der Waals surface area contributed by atoms with Crippen molar-refractivity contribution >= 4 is 11.6 Å². The second kappa shape index (κ2) is 5.76. The van der Waals surface area contributed by atoms with Gasteiger partial charge in [-0.15, -0.1) is 0 Å². The number of rotatable bonds is 3. The van der Waals surface area contributed by atoms with E-state index >= 15 is 0 Å². The van der Waals surface area contributed by atoms with E-state index in [1.165, 1.54) is 32.1 Å². The van der Waals surface area contributed by atoms with E-state index in [-0.39, 0.29) is 11.2 Å². The highest BCUT2D eigenvalue weighted by Gasteiger charge is 2.46. The van der Waals surface area contributed by atoms with Crippen molar-refractivity contribution in [1.29, 1.82) is 0 Å². The smallest absolute Gasteiger partial charge is 0.159 e. The first-order chi connectivity index (χ1) is 10.1. The van der Waals surface area contributed by atoms with Gasteiger partial charge in [0.05, 0.1) is 6.10 Å². The molecule has 1 aromatic rings. The molecular formula is C17H24N2O2. The summed E-state index contributed by atoms with van der Waals surface area (Å²) in [6, 6.07) is 3.72. The summed E-state index contributed by atoms with van der Waals surface area (Å²) < 4.78 is 5.75. The molecule has 0 unspecified atom stereocenters. The quantitative estimate of drug-likeness (QED) is 0.802. The molecule has 1 saturated carbocycles. The van der Waals surface area contributed by atoms with Crippen molar-refractivity contribution in [3.05, 3.63) is 23.9 Å². The molecular weight excluding hydrogens is 264 g/mol. The summed E-state index contributed by atoms with van der Waals surface area (Å²) in [6.45, 7) is 3.63. The molecule has 1 aliphatic carbocycles. The Hall–Kier alpha value is -1.42. The van der Waals surface area contributed by atoms with E-state index in [2.05, 4.69) is 9.88 Å². The van der Waals surface area contributed by atoms with Crippen molar-refractivity contribution in [1.82, 2.24) is 4.98 Å². The van der Waals surface area contributed by atoms with Crippen LogP contribution >= 0.6 is 0 Å². The predicted octanol–water partition coefficient (Wildman–Crippen LogP) is 3.07. The lowest BCUT2D eigenvalue weighted by molar-refractivity contribution is 0.00216. The molecule has 1 saturated heterocycles. The fourth-order valence-corrected chi connectivity index (χ4v) is 4.11. The van der Waals surface area contributed by atoms with Gasteiger partial charge < -0.3 is 9.64 Å². The molecule has 0 bridgehead atoms. The van der Waals surface area contributed by atoms with Crippen molar-refractivity contribution in [2.75, 3.05) is 25.1 Å². The first-order valence-electron chi connectivity index (χ1n) is 7.89. The molecule has 0 radical (unpaired) electrons. The van der Waals surface area contributed by atoms with Crippen LogP contribution in [0.1, 0.15) is 49.4 Å². The number of Topliss-reactive ketones (excluding diaryl/α,β-unsaturated/α-hetero) is 1. The number of hydrogen-bond acceptors (Lipinski definition) is 4. The molecule has 1 spiro atoms. The van der Waals surface area contributed by atoms with Crippen LogP contribution in [-0.2, 0) is 4.74 Å². The Bertz CT molecular complexity index is 531. The molecule has 2 atom stereocenters. The summed E-state index contributed by atoms with van der Waals surface area (Å²) in [4.78, 5) is 18.4. The van der Waals surface area contributed by atoms with Crippen molar-refractivity contribution in [3.8, 4) is 0 Å². The van der Waals surface area contributed by atoms with Gasteiger partial charge in [-0.2, -0.15) is 0 Å². The van der Waals surface area contributed by atoms with Crippen molar-refractivity contribution in [2.45, 2.75) is 45.1 Å². The van der Waals surface area contributed by atoms with Crippen LogP contribution in [0.25, 0.3) is 0 Å². The molecule has 0 N–H and O–H groups in total. The highest BCUT2D eigenvalue weighted by Crippen LogP contribution is 2.46. The summed E-state index contributed by atoms with van der Waals surface area (Å²) in [6.07, 6.45) is 8.21. The molecule has 114 valence electrons. The number of hydrogen-bond donors (Lipinski definition) is 0. The van der Waals surface area contributed by atoms with Crippen LogP contribution in [-0.4, -0.2) is 37.1 Å². The van der Waals surface area contributed by atoms with E-state index in [1.807, 2.05) is 13.2 Å². The SMILES string of the molecule is CO[C@@H]1CCC[C@@]12CCCN(c1cc(C(C)=O)ccn1)C2. The van der Waals surface area contributed by atoms with Crippen LogP contribution in [0.5, 0.6) is 0 Å². The van der Waals surface area contributed by atoms with E-state index in [4.69, 9.17) is 4.74 Å². The summed E-state index contributed by atoms with van der Waals surface area (Å²) in [7, 11) is 1.84. The van der Waals surface area contributed by atoms with Gasteiger partial charge in [0.25, 0.3) is 0 Å². The summed E-state index contributed by atoms with van der Waals surface area (Å²) in [5.41, 5.74) is 1.02. The second-order valence-electron chi connectivity index (χ2n) is 6.46. The Kier molecular flexibility index (Phi) is 3.98. The van der Waals surface area contributed by atoms with Gasteiger partial charge in [0, 0.05) is 37.4 Å². The third-order valence-electron chi connectivity index (χ3n) is 5.19. The van der Waals surface area contributed by atoms with Gasteiger partial charge in [-0.25, -0.2) is 4.98 Å². The first-order valence-corrected chi connectivity index (χ1v) is 7.89. The molecule has 2 fully saturated rings. The maximum absolute atomic E-state index is 11.6. The average molecular weight is 288 g/mol. The molecule has 4 nitrogen and oxygen atoms in total. The molecule has 21 heavy (non-hydrogen) atoms. The van der Waals surface area contributed by atoms with Crippen LogP contribution in [0.2, 0.25) is 0 Å². The largest absolute Gasteiger partial charge is 0.381 e. The van der Waals surface area contributed by atoms with Crippen molar-refractivity contribution in [3.63, 3.8) is 0 Å². The van der Waals surface area contributed by atoms with E-state index in [1.54, 1.807) is 19.2 Å². The monoisotopic (exact) mass is 288 g/mol. The number of methoxy groups -OCH3 is 1. The molecule has 0 aromatic carbocycles. The lowest BCUT2D eigenvalue weighted by Gasteiger charge is -2.44. The fourth-order valence-electron chi connectivity index (χ4n) is 4.11. The number of piperidine rings is 1. The van der Waals surface area contributed by atoms with Crippen LogP contribution in [0.15, 0.2) is 18.3 Å². The van der Waals surface area contributed by atoms with Crippen LogP contribution in [0.3, 0.4) is 0 Å². The Morgan fingerprint density at radius 3 is 3.00 bits per heavy atom. The number of carbonyl (C=O) groups is 1. The molecule has 1 aromatic heterocycles. The van der Waals surface area contributed by atoms with E-state index < -0.39 is 0 Å². The third kappa shape index (κ3) is 2.69. The number of ketones is 1. The summed E-state index contributed by atoms with van der Waals surface area (Å²) in [5, 5.41) is 0. The molecule has 1 aliphatic heterocycles. The van der Waals surface area contributed by atoms with E-state index in [0.717, 1.165) is 24.5 Å². The number of ether oxygens (including phenoxy) is 1. The average Bonchev–Trinajstić information content (AvgIpc) is 2.89. The third-order valence-corrected chi connectivity index (χ3v) is 5.19. The zero-order valence-corrected chi connectivity index (χ0v) is 13.0. The standard InChI is InChI=1S/C17H24N2O2/c1-13(20)14-6-9-18-16(11-14)19-10-4-8-17(12-19)7-3-5-15(17)21-2/h6,9,11,15H,3-5,7-8,10,12H2,1-2H3/t15-,17+/m1/s1. The minimum atomic E-state index is 0.0982. The molecule has 0 amide bonds. The maximum atomic E-state index is 11.6. The van der Waals surface area contributed by atoms with Crippen LogP contribution < -0.4 is 4.90 Å². The topological polar surface area (TPSA) is 42.4 Å². The Morgan fingerprint density at radius 1 is 1.43 bits per heavy atom. The molecule has 4 heteroatoms. The van der Waals surface area contributed by atoms with Gasteiger partial charge in [-0.05, 0) is 44.7 Å². The van der Waals surface area contributed by atoms with Gasteiger partial charge >= 0.3 is 0 Å². The zero-order valence-electron chi connectivity index (χ0n) is 13.0. The highest BCUT2D eigenvalue weighted by molar-refractivity contribution is 5.94. The van der Waals surface area contributed by atoms with Gasteiger partial charge in [0.15, 0.2) is 5.78 Å². The van der Waals surface area contributed by atoms with Crippen LogP contribution in [0, 0.1) is 5.41 Å². The Morgan fingerprint density at radius 2 is 2.24 bits per heavy atom. The van der Waals surface area contributed by atoms with Gasteiger partial charge in [-0.3, -0.25) is 4.79 Å². The van der Waals surface area contributed by atoms with Crippen molar-refractivity contribution in [2.24, 2.45) is 5.41 Å². The minimum Gasteiger partial charge on any atom is -0.381 e. The van der Waals surface area contributed by atoms with Crippen LogP contribution in [0.4, 0.5) is 5.82 Å². The number of carbonyl (C=O) groups excluding carboxylic acids is 1. The van der Waals surface area contributed by atoms with Gasteiger partial charge in [-0.1, -0.05) is 6.42 Å². The van der Waals surface area contributed by atoms with E-state index in [9.17, 15) is 4.79 Å². The lowest BCUT2D eigenvalue weighted by atomic mass is 9.76. The number of nitrogens with zero attached hydrogens (tertiary/aromatic N) is 2. The number of pyridine rings is 1. The zero-order chi connectivity index (χ0) is 14.9. The molecule has 2 heterocycles. The summed E-state index contributed by atoms with van der Waals surface area (Å²) >= 11 is 0. The predicted molar refractivity (Wildman–Crippen MR) is 82.8 cm³/mol. The first kappa shape index (κ1) is 14.5. The van der Waals surface area contributed by atoms with Gasteiger partial charge in [0.1, 0.15) is 5.82 Å². The van der Waals surface area contributed by atoms with Crippen molar-refractivity contribution < 1.29 is 9.53 Å². The molecule has 2 aliphatic rings.